The molecule has 2 aromatic rings. The normalized spacial score (nSPS) is 11.4. The van der Waals surface area contributed by atoms with Crippen LogP contribution < -0.4 is 0 Å². The summed E-state index contributed by atoms with van der Waals surface area (Å²) in [5, 5.41) is 11.8. The molecule has 2 rings (SSSR count). The lowest BCUT2D eigenvalue weighted by molar-refractivity contribution is -0.148. The monoisotopic (exact) mass is 390 g/mol. The van der Waals surface area contributed by atoms with Crippen LogP contribution in [-0.4, -0.2) is 29.1 Å². The Hall–Kier alpha value is -2.56. The molecule has 0 aliphatic heterocycles. The van der Waals surface area contributed by atoms with Crippen molar-refractivity contribution >= 4 is 40.5 Å². The fraction of sp³-hybridized carbons (Fsp3) is 0.278. The zero-order chi connectivity index (χ0) is 19.1. The van der Waals surface area contributed by atoms with Gasteiger partial charge < -0.3 is 4.74 Å². The standard InChI is InChI=1S/C18H15ClN2O4S/c1-11-10-26-18(21-11)14(8-20)16(23)9-25-17(24)7-6-15(22)12-2-4-13(19)5-3-12/h2-5,10,14H,6-7,9H2,1H3/t14-/m0/s1. The number of carbonyl (C=O) groups is 3. The van der Waals surface area contributed by atoms with Crippen molar-refractivity contribution in [3.05, 3.63) is 50.9 Å². The summed E-state index contributed by atoms with van der Waals surface area (Å²) in [5.41, 5.74) is 1.16. The molecular weight excluding hydrogens is 376 g/mol. The molecule has 26 heavy (non-hydrogen) atoms. The molecule has 1 heterocycles. The van der Waals surface area contributed by atoms with Gasteiger partial charge in [-0.05, 0) is 31.2 Å². The molecule has 0 bridgehead atoms. The first kappa shape index (κ1) is 19.8. The molecule has 1 aromatic heterocycles. The SMILES string of the molecule is Cc1csc([C@@H](C#N)C(=O)COC(=O)CCC(=O)c2ccc(Cl)cc2)n1. The highest BCUT2D eigenvalue weighted by atomic mass is 35.5. The third-order valence-corrected chi connectivity index (χ3v) is 4.71. The molecule has 0 N–H and O–H groups in total. The maximum atomic E-state index is 12.1. The van der Waals surface area contributed by atoms with E-state index >= 15 is 0 Å². The Kier molecular flexibility index (Phi) is 7.01. The molecule has 0 radical (unpaired) electrons. The Labute approximate surface area is 159 Å². The number of nitriles is 1. The lowest BCUT2D eigenvalue weighted by Crippen LogP contribution is -2.20. The number of ketones is 2. The van der Waals surface area contributed by atoms with Gasteiger partial charge in [0.25, 0.3) is 0 Å². The second-order valence-corrected chi connectivity index (χ2v) is 6.77. The van der Waals surface area contributed by atoms with Crippen LogP contribution in [0.1, 0.15) is 39.8 Å². The van der Waals surface area contributed by atoms with Crippen molar-refractivity contribution < 1.29 is 19.1 Å². The fourth-order valence-corrected chi connectivity index (χ4v) is 3.06. The summed E-state index contributed by atoms with van der Waals surface area (Å²) in [6, 6.07) is 8.21. The van der Waals surface area contributed by atoms with E-state index in [1.54, 1.807) is 36.6 Å². The second kappa shape index (κ2) is 9.22. The summed E-state index contributed by atoms with van der Waals surface area (Å²) in [5.74, 6) is -2.50. The van der Waals surface area contributed by atoms with E-state index in [1.807, 2.05) is 6.07 Å². The summed E-state index contributed by atoms with van der Waals surface area (Å²) in [6.07, 6.45) is -0.190. The molecule has 0 saturated carbocycles. The van der Waals surface area contributed by atoms with Gasteiger partial charge in [-0.25, -0.2) is 4.98 Å². The number of nitrogens with zero attached hydrogens (tertiary/aromatic N) is 2. The van der Waals surface area contributed by atoms with E-state index < -0.39 is 24.3 Å². The van der Waals surface area contributed by atoms with Gasteiger partial charge in [-0.15, -0.1) is 11.3 Å². The number of esters is 1. The van der Waals surface area contributed by atoms with Crippen molar-refractivity contribution in [2.24, 2.45) is 0 Å². The Morgan fingerprint density at radius 1 is 1.27 bits per heavy atom. The van der Waals surface area contributed by atoms with Crippen LogP contribution in [0.25, 0.3) is 0 Å². The summed E-state index contributed by atoms with van der Waals surface area (Å²) < 4.78 is 4.88. The van der Waals surface area contributed by atoms with Gasteiger partial charge in [-0.3, -0.25) is 14.4 Å². The predicted octanol–water partition coefficient (Wildman–Crippen LogP) is 3.49. The topological polar surface area (TPSA) is 97.1 Å². The Morgan fingerprint density at radius 2 is 1.96 bits per heavy atom. The lowest BCUT2D eigenvalue weighted by atomic mass is 10.1. The van der Waals surface area contributed by atoms with Gasteiger partial charge in [0.15, 0.2) is 24.1 Å². The molecule has 1 atom stereocenters. The van der Waals surface area contributed by atoms with Crippen LogP contribution in [0.3, 0.4) is 0 Å². The Morgan fingerprint density at radius 3 is 2.54 bits per heavy atom. The highest BCUT2D eigenvalue weighted by Crippen LogP contribution is 2.21. The first-order valence-corrected chi connectivity index (χ1v) is 8.95. The number of hydrogen-bond donors (Lipinski definition) is 0. The lowest BCUT2D eigenvalue weighted by Gasteiger charge is -2.07. The number of ether oxygens (including phenoxy) is 1. The second-order valence-electron chi connectivity index (χ2n) is 5.45. The van der Waals surface area contributed by atoms with E-state index in [1.165, 1.54) is 11.3 Å². The average Bonchev–Trinajstić information content (AvgIpc) is 3.05. The van der Waals surface area contributed by atoms with Crippen LogP contribution in [0.2, 0.25) is 5.02 Å². The van der Waals surface area contributed by atoms with Gasteiger partial charge in [0.2, 0.25) is 0 Å². The predicted molar refractivity (Wildman–Crippen MR) is 96.2 cm³/mol. The van der Waals surface area contributed by atoms with Gasteiger partial charge in [0.1, 0.15) is 5.01 Å². The number of hydrogen-bond acceptors (Lipinski definition) is 7. The maximum absolute atomic E-state index is 12.1. The van der Waals surface area contributed by atoms with Gasteiger partial charge in [0.05, 0.1) is 12.5 Å². The van der Waals surface area contributed by atoms with Gasteiger partial charge >= 0.3 is 5.97 Å². The zero-order valence-corrected chi connectivity index (χ0v) is 15.5. The number of aromatic nitrogens is 1. The van der Waals surface area contributed by atoms with Crippen molar-refractivity contribution in [2.45, 2.75) is 25.7 Å². The Balaban J connectivity index is 1.80. The molecule has 0 fully saturated rings. The largest absolute Gasteiger partial charge is 0.458 e. The number of thiazole rings is 1. The minimum Gasteiger partial charge on any atom is -0.458 e. The molecule has 0 unspecified atom stereocenters. The molecule has 0 spiro atoms. The number of aryl methyl sites for hydroxylation is 1. The average molecular weight is 391 g/mol. The van der Waals surface area contributed by atoms with Crippen molar-refractivity contribution in [1.82, 2.24) is 4.98 Å². The van der Waals surface area contributed by atoms with Crippen LogP contribution >= 0.6 is 22.9 Å². The summed E-state index contributed by atoms with van der Waals surface area (Å²) >= 11 is 6.96. The number of halogens is 1. The molecule has 0 saturated heterocycles. The van der Waals surface area contributed by atoms with Gasteiger partial charge in [0, 0.05) is 28.1 Å². The molecule has 8 heteroatoms. The quantitative estimate of drug-likeness (QED) is 0.505. The van der Waals surface area contributed by atoms with E-state index in [9.17, 15) is 14.4 Å². The van der Waals surface area contributed by atoms with Crippen LogP contribution in [-0.2, 0) is 14.3 Å². The number of Topliss-reactive ketones (excluding diaryl/α,β-unsaturated/α-hetero) is 2. The first-order valence-electron chi connectivity index (χ1n) is 7.69. The number of benzene rings is 1. The smallest absolute Gasteiger partial charge is 0.306 e. The molecule has 134 valence electrons. The highest BCUT2D eigenvalue weighted by Gasteiger charge is 2.24. The molecule has 0 aliphatic carbocycles. The van der Waals surface area contributed by atoms with Crippen LogP contribution in [0.5, 0.6) is 0 Å². The highest BCUT2D eigenvalue weighted by molar-refractivity contribution is 7.09. The third kappa shape index (κ3) is 5.48. The van der Waals surface area contributed by atoms with Crippen molar-refractivity contribution in [3.63, 3.8) is 0 Å². The number of carbonyl (C=O) groups excluding carboxylic acids is 3. The van der Waals surface area contributed by atoms with E-state index in [2.05, 4.69) is 4.98 Å². The summed E-state index contributed by atoms with van der Waals surface area (Å²) in [6.45, 7) is 1.24. The van der Waals surface area contributed by atoms with E-state index in [0.29, 0.717) is 15.6 Å². The van der Waals surface area contributed by atoms with Crippen molar-refractivity contribution in [2.75, 3.05) is 6.61 Å². The van der Waals surface area contributed by atoms with Crippen LogP contribution in [0.15, 0.2) is 29.6 Å². The molecular formula is C18H15ClN2O4S. The van der Waals surface area contributed by atoms with E-state index in [4.69, 9.17) is 21.6 Å². The van der Waals surface area contributed by atoms with Crippen molar-refractivity contribution in [3.8, 4) is 6.07 Å². The minimum atomic E-state index is -1.06. The zero-order valence-electron chi connectivity index (χ0n) is 13.9. The minimum absolute atomic E-state index is 0.0397. The molecule has 6 nitrogen and oxygen atoms in total. The van der Waals surface area contributed by atoms with Crippen LogP contribution in [0.4, 0.5) is 0 Å². The van der Waals surface area contributed by atoms with Crippen LogP contribution in [0, 0.1) is 18.3 Å². The first-order chi connectivity index (χ1) is 12.4. The Bertz CT molecular complexity index is 855. The van der Waals surface area contributed by atoms with Gasteiger partial charge in [-0.2, -0.15) is 5.26 Å². The van der Waals surface area contributed by atoms with Gasteiger partial charge in [-0.1, -0.05) is 11.6 Å². The molecule has 0 aliphatic rings. The number of rotatable bonds is 8. The summed E-state index contributed by atoms with van der Waals surface area (Å²) in [7, 11) is 0. The third-order valence-electron chi connectivity index (χ3n) is 3.43. The molecule has 0 amide bonds. The van der Waals surface area contributed by atoms with E-state index in [-0.39, 0.29) is 18.6 Å². The fourth-order valence-electron chi connectivity index (χ4n) is 2.07. The maximum Gasteiger partial charge on any atom is 0.306 e. The summed E-state index contributed by atoms with van der Waals surface area (Å²) in [4.78, 5) is 39.9. The molecule has 1 aromatic carbocycles. The van der Waals surface area contributed by atoms with E-state index in [0.717, 1.165) is 5.69 Å². The van der Waals surface area contributed by atoms with Crippen molar-refractivity contribution in [1.29, 1.82) is 5.26 Å².